The van der Waals surface area contributed by atoms with Crippen molar-refractivity contribution in [2.24, 2.45) is 17.8 Å². The summed E-state index contributed by atoms with van der Waals surface area (Å²) in [5.74, 6) is 3.20. The van der Waals surface area contributed by atoms with E-state index in [4.69, 9.17) is 0 Å². The average Bonchev–Trinajstić information content (AvgIpc) is 2.65. The van der Waals surface area contributed by atoms with Crippen molar-refractivity contribution in [2.75, 3.05) is 0 Å². The van der Waals surface area contributed by atoms with E-state index in [-0.39, 0.29) is 0 Å². The van der Waals surface area contributed by atoms with Crippen molar-refractivity contribution < 1.29 is 9.59 Å². The van der Waals surface area contributed by atoms with Crippen LogP contribution in [0.5, 0.6) is 0 Å². The quantitative estimate of drug-likeness (QED) is 0.349. The second kappa shape index (κ2) is 12.7. The van der Waals surface area contributed by atoms with Crippen LogP contribution in [0.4, 0.5) is 0 Å². The molecule has 26 heavy (non-hydrogen) atoms. The highest BCUT2D eigenvalue weighted by molar-refractivity contribution is 5.79. The fourth-order valence-electron chi connectivity index (χ4n) is 5.35. The number of carbonyl (C=O) groups is 2. The lowest BCUT2D eigenvalue weighted by atomic mass is 9.74. The fourth-order valence-corrected chi connectivity index (χ4v) is 5.35. The number of rotatable bonds is 12. The normalized spacial score (nSPS) is 24.5. The first-order valence-electron chi connectivity index (χ1n) is 11.7. The molecule has 2 rings (SSSR count). The van der Waals surface area contributed by atoms with Gasteiger partial charge in [0.15, 0.2) is 0 Å². The van der Waals surface area contributed by atoms with Gasteiger partial charge in [0.1, 0.15) is 11.6 Å². The predicted molar refractivity (Wildman–Crippen MR) is 109 cm³/mol. The number of Topliss-reactive ketones (excluding diaryl/α,β-unsaturated/α-hetero) is 2. The third-order valence-corrected chi connectivity index (χ3v) is 6.92. The second-order valence-corrected chi connectivity index (χ2v) is 9.12. The molecule has 0 radical (unpaired) electrons. The van der Waals surface area contributed by atoms with Crippen molar-refractivity contribution in [1.82, 2.24) is 0 Å². The van der Waals surface area contributed by atoms with E-state index in [2.05, 4.69) is 6.92 Å². The highest BCUT2D eigenvalue weighted by atomic mass is 16.1. The molecule has 0 aromatic rings. The zero-order valence-electron chi connectivity index (χ0n) is 17.3. The Balaban J connectivity index is 1.52. The summed E-state index contributed by atoms with van der Waals surface area (Å²) in [5.41, 5.74) is 0. The Labute approximate surface area is 161 Å². The van der Waals surface area contributed by atoms with Crippen molar-refractivity contribution in [2.45, 2.75) is 122 Å². The van der Waals surface area contributed by atoms with Gasteiger partial charge in [0, 0.05) is 25.7 Å². The molecule has 2 aliphatic carbocycles. The van der Waals surface area contributed by atoms with Gasteiger partial charge < -0.3 is 0 Å². The Kier molecular flexibility index (Phi) is 10.6. The Morgan fingerprint density at radius 3 is 1.92 bits per heavy atom. The smallest absolute Gasteiger partial charge is 0.133 e. The molecule has 2 atom stereocenters. The number of carbonyl (C=O) groups excluding carboxylic acids is 2. The van der Waals surface area contributed by atoms with Gasteiger partial charge in [-0.1, -0.05) is 77.6 Å². The van der Waals surface area contributed by atoms with Crippen LogP contribution >= 0.6 is 0 Å². The summed E-state index contributed by atoms with van der Waals surface area (Å²) in [6, 6.07) is 0. The molecule has 2 nitrogen and oxygen atoms in total. The van der Waals surface area contributed by atoms with Crippen LogP contribution in [0.15, 0.2) is 0 Å². The van der Waals surface area contributed by atoms with Crippen LogP contribution in [0.3, 0.4) is 0 Å². The minimum atomic E-state index is 0.436. The highest BCUT2D eigenvalue weighted by Gasteiger charge is 2.24. The van der Waals surface area contributed by atoms with E-state index in [9.17, 15) is 9.59 Å². The molecule has 0 amide bonds. The molecule has 2 unspecified atom stereocenters. The summed E-state index contributed by atoms with van der Waals surface area (Å²) in [5, 5.41) is 0. The van der Waals surface area contributed by atoms with Crippen molar-refractivity contribution in [3.05, 3.63) is 0 Å². The minimum absolute atomic E-state index is 0.436. The van der Waals surface area contributed by atoms with E-state index >= 15 is 0 Å². The van der Waals surface area contributed by atoms with Crippen molar-refractivity contribution in [1.29, 1.82) is 0 Å². The van der Waals surface area contributed by atoms with Gasteiger partial charge in [-0.2, -0.15) is 0 Å². The van der Waals surface area contributed by atoms with Gasteiger partial charge in [-0.05, 0) is 37.0 Å². The van der Waals surface area contributed by atoms with Crippen LogP contribution < -0.4 is 0 Å². The molecule has 0 heterocycles. The van der Waals surface area contributed by atoms with Crippen LogP contribution in [-0.4, -0.2) is 11.6 Å². The third kappa shape index (κ3) is 8.35. The highest BCUT2D eigenvalue weighted by Crippen LogP contribution is 2.36. The Morgan fingerprint density at radius 1 is 0.692 bits per heavy atom. The van der Waals surface area contributed by atoms with Gasteiger partial charge in [-0.3, -0.25) is 9.59 Å². The molecule has 0 N–H and O–H groups in total. The predicted octanol–water partition coefficient (Wildman–Crippen LogP) is 7.04. The molecule has 0 bridgehead atoms. The molecular weight excluding hydrogens is 320 g/mol. The van der Waals surface area contributed by atoms with Gasteiger partial charge in [0.25, 0.3) is 0 Å². The Bertz CT molecular complexity index is 406. The average molecular weight is 363 g/mol. The maximum atomic E-state index is 12.2. The maximum Gasteiger partial charge on any atom is 0.133 e. The Morgan fingerprint density at radius 2 is 1.27 bits per heavy atom. The zero-order valence-corrected chi connectivity index (χ0v) is 17.3. The summed E-state index contributed by atoms with van der Waals surface area (Å²) in [6.07, 6.45) is 20.5. The van der Waals surface area contributed by atoms with Gasteiger partial charge in [-0.25, -0.2) is 0 Å². The molecule has 0 spiro atoms. The monoisotopic (exact) mass is 362 g/mol. The number of ketones is 2. The molecule has 0 aliphatic heterocycles. The maximum absolute atomic E-state index is 12.2. The van der Waals surface area contributed by atoms with Gasteiger partial charge in [-0.15, -0.1) is 0 Å². The van der Waals surface area contributed by atoms with E-state index in [1.165, 1.54) is 70.6 Å². The summed E-state index contributed by atoms with van der Waals surface area (Å²) in [6.45, 7) is 2.28. The standard InChI is InChI=1S/C24H42O2/c1-2-10-21-13-6-7-14-22(21)17-18-23(25)15-8-9-16-24(26)19-20-11-4-3-5-12-20/h20-22H,2-19H2,1H3. The summed E-state index contributed by atoms with van der Waals surface area (Å²) in [7, 11) is 0. The topological polar surface area (TPSA) is 34.1 Å². The van der Waals surface area contributed by atoms with Crippen LogP contribution in [0.1, 0.15) is 122 Å². The molecule has 0 saturated heterocycles. The van der Waals surface area contributed by atoms with Crippen molar-refractivity contribution in [3.8, 4) is 0 Å². The van der Waals surface area contributed by atoms with E-state index < -0.39 is 0 Å². The number of hydrogen-bond donors (Lipinski definition) is 0. The summed E-state index contributed by atoms with van der Waals surface area (Å²) in [4.78, 5) is 24.3. The van der Waals surface area contributed by atoms with Crippen LogP contribution in [-0.2, 0) is 9.59 Å². The molecular formula is C24H42O2. The molecule has 0 aromatic carbocycles. The van der Waals surface area contributed by atoms with E-state index in [1.54, 1.807) is 0 Å². The first kappa shape index (κ1) is 21.6. The zero-order chi connectivity index (χ0) is 18.6. The van der Waals surface area contributed by atoms with Crippen molar-refractivity contribution >= 4 is 11.6 Å². The minimum Gasteiger partial charge on any atom is -0.300 e. The third-order valence-electron chi connectivity index (χ3n) is 6.92. The first-order chi connectivity index (χ1) is 12.7. The van der Waals surface area contributed by atoms with E-state index in [0.29, 0.717) is 30.3 Å². The molecule has 2 aliphatic rings. The first-order valence-corrected chi connectivity index (χ1v) is 11.7. The molecule has 0 aromatic heterocycles. The van der Waals surface area contributed by atoms with E-state index in [1.807, 2.05) is 0 Å². The molecule has 2 heteroatoms. The number of unbranched alkanes of at least 4 members (excludes halogenated alkanes) is 1. The van der Waals surface area contributed by atoms with Gasteiger partial charge >= 0.3 is 0 Å². The van der Waals surface area contributed by atoms with E-state index in [0.717, 1.165) is 43.9 Å². The van der Waals surface area contributed by atoms with Crippen molar-refractivity contribution in [3.63, 3.8) is 0 Å². The number of hydrogen-bond acceptors (Lipinski definition) is 2. The van der Waals surface area contributed by atoms with Crippen LogP contribution in [0.2, 0.25) is 0 Å². The van der Waals surface area contributed by atoms with Gasteiger partial charge in [0.2, 0.25) is 0 Å². The SMILES string of the molecule is CCCC1CCCCC1CCC(=O)CCCCC(=O)CC1CCCCC1. The molecule has 2 saturated carbocycles. The molecule has 2 fully saturated rings. The lowest BCUT2D eigenvalue weighted by Crippen LogP contribution is -2.20. The molecule has 150 valence electrons. The van der Waals surface area contributed by atoms with Crippen LogP contribution in [0, 0.1) is 17.8 Å². The lowest BCUT2D eigenvalue weighted by molar-refractivity contribution is -0.121. The Hall–Kier alpha value is -0.660. The second-order valence-electron chi connectivity index (χ2n) is 9.12. The summed E-state index contributed by atoms with van der Waals surface area (Å²) < 4.78 is 0. The van der Waals surface area contributed by atoms with Gasteiger partial charge in [0.05, 0.1) is 0 Å². The largest absolute Gasteiger partial charge is 0.300 e. The van der Waals surface area contributed by atoms with Crippen LogP contribution in [0.25, 0.3) is 0 Å². The fraction of sp³-hybridized carbons (Fsp3) is 0.917. The lowest BCUT2D eigenvalue weighted by Gasteiger charge is -2.31. The summed E-state index contributed by atoms with van der Waals surface area (Å²) >= 11 is 0.